The number of anilines is 2. The first-order valence-corrected chi connectivity index (χ1v) is 10.4. The van der Waals surface area contributed by atoms with E-state index in [4.69, 9.17) is 29.0 Å². The van der Waals surface area contributed by atoms with Gasteiger partial charge in [0.25, 0.3) is 0 Å². The lowest BCUT2D eigenvalue weighted by atomic mass is 10.1. The Balaban J connectivity index is 0.000000182. The minimum atomic E-state index is -4.67. The van der Waals surface area contributed by atoms with E-state index in [1.807, 2.05) is 74.5 Å². The van der Waals surface area contributed by atoms with Crippen molar-refractivity contribution in [3.63, 3.8) is 0 Å². The number of nitrogens with two attached hydrogens (primary N) is 2. The zero-order valence-electron chi connectivity index (χ0n) is 16.9. The van der Waals surface area contributed by atoms with Crippen LogP contribution in [0.15, 0.2) is 60.7 Å². The molecule has 2 aromatic carbocycles. The van der Waals surface area contributed by atoms with Gasteiger partial charge in [-0.15, -0.1) is 0 Å². The zero-order valence-corrected chi connectivity index (χ0v) is 17.8. The number of hydrogen-bond donors (Lipinski definition) is 6. The number of H-pyrrole nitrogens is 2. The van der Waals surface area contributed by atoms with Gasteiger partial charge in [0.15, 0.2) is 11.9 Å². The third kappa shape index (κ3) is 7.93. The van der Waals surface area contributed by atoms with Gasteiger partial charge in [-0.05, 0) is 13.8 Å². The molecule has 4 aromatic rings. The van der Waals surface area contributed by atoms with Crippen LogP contribution in [0.3, 0.4) is 0 Å². The second kappa shape index (κ2) is 10.4. The van der Waals surface area contributed by atoms with Gasteiger partial charge in [-0.1, -0.05) is 60.7 Å². The molecular weight excluding hydrogens is 420 g/mol. The van der Waals surface area contributed by atoms with Gasteiger partial charge < -0.3 is 21.4 Å². The number of hydrogen-bond acceptors (Lipinski definition) is 6. The summed E-state index contributed by atoms with van der Waals surface area (Å²) in [4.78, 5) is 14.4. The van der Waals surface area contributed by atoms with Crippen molar-refractivity contribution < 1.29 is 17.5 Å². The third-order valence-electron chi connectivity index (χ3n) is 3.90. The van der Waals surface area contributed by atoms with Gasteiger partial charge in [-0.2, -0.15) is 8.42 Å². The molecule has 2 heterocycles. The molecule has 31 heavy (non-hydrogen) atoms. The summed E-state index contributed by atoms with van der Waals surface area (Å²) in [7, 11) is -4.67. The summed E-state index contributed by atoms with van der Waals surface area (Å²) >= 11 is 0. The van der Waals surface area contributed by atoms with E-state index in [0.717, 1.165) is 33.9 Å². The van der Waals surface area contributed by atoms with Crippen molar-refractivity contribution >= 4 is 22.3 Å². The number of nitrogens with zero attached hydrogens (tertiary/aromatic N) is 2. The van der Waals surface area contributed by atoms with E-state index < -0.39 is 10.4 Å². The molecule has 2 aromatic heterocycles. The van der Waals surface area contributed by atoms with Crippen LogP contribution < -0.4 is 11.5 Å². The van der Waals surface area contributed by atoms with Crippen LogP contribution in [0, 0.1) is 13.8 Å². The van der Waals surface area contributed by atoms with Crippen molar-refractivity contribution in [2.45, 2.75) is 13.8 Å². The topological polar surface area (TPSA) is 184 Å². The van der Waals surface area contributed by atoms with Gasteiger partial charge >= 0.3 is 10.4 Å². The molecule has 0 amide bonds. The molecule has 4 rings (SSSR count). The first-order valence-electron chi connectivity index (χ1n) is 8.99. The van der Waals surface area contributed by atoms with Crippen molar-refractivity contribution in [1.82, 2.24) is 19.9 Å². The Hall–Kier alpha value is -3.67. The number of benzene rings is 2. The SMILES string of the molecule is Cc1[nH]c(N)nc1-c1ccccc1.Cc1[nH]c(N)nc1-c1ccccc1.O=S(=O)(O)O. The Morgan fingerprint density at radius 3 is 1.23 bits per heavy atom. The lowest BCUT2D eigenvalue weighted by Gasteiger charge is -1.95. The van der Waals surface area contributed by atoms with Crippen LogP contribution in [-0.2, 0) is 10.4 Å². The lowest BCUT2D eigenvalue weighted by Crippen LogP contribution is -1.89. The molecule has 0 unspecified atom stereocenters. The molecule has 0 aliphatic carbocycles. The molecule has 0 bridgehead atoms. The molecule has 0 saturated heterocycles. The van der Waals surface area contributed by atoms with Crippen molar-refractivity contribution in [1.29, 1.82) is 0 Å². The second-order valence-corrected chi connectivity index (χ2v) is 7.27. The number of rotatable bonds is 2. The number of imidazole rings is 2. The second-order valence-electron chi connectivity index (χ2n) is 6.37. The highest BCUT2D eigenvalue weighted by molar-refractivity contribution is 7.79. The van der Waals surface area contributed by atoms with E-state index in [1.165, 1.54) is 0 Å². The fourth-order valence-electron chi connectivity index (χ4n) is 2.72. The van der Waals surface area contributed by atoms with Gasteiger partial charge in [-0.25, -0.2) is 9.97 Å². The predicted molar refractivity (Wildman–Crippen MR) is 121 cm³/mol. The van der Waals surface area contributed by atoms with E-state index >= 15 is 0 Å². The average molecular weight is 445 g/mol. The van der Waals surface area contributed by atoms with Crippen LogP contribution in [0.25, 0.3) is 22.5 Å². The van der Waals surface area contributed by atoms with Gasteiger partial charge in [0, 0.05) is 22.5 Å². The number of aromatic amines is 2. The number of nitrogen functional groups attached to an aromatic ring is 2. The van der Waals surface area contributed by atoms with Crippen LogP contribution in [-0.4, -0.2) is 37.5 Å². The standard InChI is InChI=1S/2C10H11N3.H2O4S/c2*1-7-9(13-10(11)12-7)8-5-3-2-4-6-8;1-5(2,3)4/h2*2-6H,1H3,(H3,11,12,13);(H2,1,2,3,4). The Kier molecular flexibility index (Phi) is 7.91. The molecule has 0 fully saturated rings. The van der Waals surface area contributed by atoms with Gasteiger partial charge in [0.2, 0.25) is 0 Å². The summed E-state index contributed by atoms with van der Waals surface area (Å²) in [6, 6.07) is 20.0. The Bertz CT molecular complexity index is 1120. The molecule has 0 spiro atoms. The maximum atomic E-state index is 8.74. The molecule has 0 aliphatic rings. The molecule has 11 heteroatoms. The monoisotopic (exact) mass is 444 g/mol. The highest BCUT2D eigenvalue weighted by Gasteiger charge is 2.06. The van der Waals surface area contributed by atoms with Crippen LogP contribution in [0.2, 0.25) is 0 Å². The van der Waals surface area contributed by atoms with Gasteiger partial charge in [-0.3, -0.25) is 9.11 Å². The van der Waals surface area contributed by atoms with Crippen LogP contribution in [0.1, 0.15) is 11.4 Å². The summed E-state index contributed by atoms with van der Waals surface area (Å²) in [5, 5.41) is 0. The van der Waals surface area contributed by atoms with Crippen LogP contribution in [0.5, 0.6) is 0 Å². The first-order chi connectivity index (χ1) is 14.5. The van der Waals surface area contributed by atoms with E-state index in [9.17, 15) is 0 Å². The van der Waals surface area contributed by atoms with E-state index in [-0.39, 0.29) is 0 Å². The number of aromatic nitrogens is 4. The van der Waals surface area contributed by atoms with Gasteiger partial charge in [0.05, 0.1) is 11.4 Å². The van der Waals surface area contributed by atoms with Crippen molar-refractivity contribution in [3.8, 4) is 22.5 Å². The summed E-state index contributed by atoms with van der Waals surface area (Å²) in [6.07, 6.45) is 0. The quantitative estimate of drug-likeness (QED) is 0.254. The summed E-state index contributed by atoms with van der Waals surface area (Å²) < 4.78 is 31.6. The fourth-order valence-corrected chi connectivity index (χ4v) is 2.72. The minimum absolute atomic E-state index is 0.469. The summed E-state index contributed by atoms with van der Waals surface area (Å²) in [5.41, 5.74) is 17.1. The highest BCUT2D eigenvalue weighted by atomic mass is 32.3. The van der Waals surface area contributed by atoms with Crippen molar-refractivity contribution in [3.05, 3.63) is 72.1 Å². The largest absolute Gasteiger partial charge is 0.394 e. The zero-order chi connectivity index (χ0) is 23.0. The van der Waals surface area contributed by atoms with E-state index in [0.29, 0.717) is 11.9 Å². The van der Waals surface area contributed by atoms with Crippen molar-refractivity contribution in [2.24, 2.45) is 0 Å². The molecule has 8 N–H and O–H groups in total. The minimum Gasteiger partial charge on any atom is -0.369 e. The Labute approximate surface area is 180 Å². The summed E-state index contributed by atoms with van der Waals surface area (Å²) in [6.45, 7) is 3.93. The maximum absolute atomic E-state index is 8.74. The highest BCUT2D eigenvalue weighted by Crippen LogP contribution is 2.21. The third-order valence-corrected chi connectivity index (χ3v) is 3.90. The van der Waals surface area contributed by atoms with E-state index in [1.54, 1.807) is 0 Å². The number of aryl methyl sites for hydroxylation is 2. The normalized spacial score (nSPS) is 10.5. The molecule has 0 aliphatic heterocycles. The summed E-state index contributed by atoms with van der Waals surface area (Å²) in [5.74, 6) is 0.938. The Morgan fingerprint density at radius 1 is 0.710 bits per heavy atom. The smallest absolute Gasteiger partial charge is 0.369 e. The van der Waals surface area contributed by atoms with Gasteiger partial charge in [0.1, 0.15) is 0 Å². The van der Waals surface area contributed by atoms with Crippen LogP contribution in [0.4, 0.5) is 11.9 Å². The molecule has 164 valence electrons. The van der Waals surface area contributed by atoms with E-state index in [2.05, 4.69) is 19.9 Å². The molecule has 0 saturated carbocycles. The maximum Gasteiger partial charge on any atom is 0.394 e. The van der Waals surface area contributed by atoms with Crippen LogP contribution >= 0.6 is 0 Å². The molecule has 10 nitrogen and oxygen atoms in total. The van der Waals surface area contributed by atoms with Crippen molar-refractivity contribution in [2.75, 3.05) is 11.5 Å². The molecule has 0 atom stereocenters. The average Bonchev–Trinajstić information content (AvgIpc) is 3.22. The predicted octanol–water partition coefficient (Wildman–Crippen LogP) is 3.28. The fraction of sp³-hybridized carbons (Fsp3) is 0.100. The first kappa shape index (κ1) is 23.6. The Morgan fingerprint density at radius 2 is 1.00 bits per heavy atom. The number of nitrogens with one attached hydrogen (secondary N) is 2. The lowest BCUT2D eigenvalue weighted by molar-refractivity contribution is 0.381. The molecule has 0 radical (unpaired) electrons. The molecular formula is C20H24N6O4S.